The second-order valence-corrected chi connectivity index (χ2v) is 9.23. The molecule has 0 aromatic heterocycles. The largest absolute Gasteiger partial charge is 0.350 e. The van der Waals surface area contributed by atoms with E-state index in [1.165, 1.54) is 0 Å². The Balaban J connectivity index is 2.40. The smallest absolute Gasteiger partial charge is 0.101 e. The summed E-state index contributed by atoms with van der Waals surface area (Å²) >= 11 is 0. The Morgan fingerprint density at radius 3 is 2.60 bits per heavy atom. The van der Waals surface area contributed by atoms with E-state index in [1.54, 1.807) is 18.5 Å². The predicted molar refractivity (Wildman–Crippen MR) is 52.8 cm³/mol. The number of rotatable bonds is 1. The minimum absolute atomic E-state index is 0.223. The van der Waals surface area contributed by atoms with Crippen LogP contribution in [0.1, 0.15) is 20.3 Å². The third kappa shape index (κ3) is 1.94. The summed E-state index contributed by atoms with van der Waals surface area (Å²) in [6.45, 7) is 7.25. The van der Waals surface area contributed by atoms with Gasteiger partial charge in [0.1, 0.15) is 8.96 Å². The van der Waals surface area contributed by atoms with Crippen molar-refractivity contribution in [2.45, 2.75) is 44.9 Å². The molecule has 3 heteroatoms. The van der Waals surface area contributed by atoms with Crippen LogP contribution < -0.4 is 0 Å². The molecule has 0 aromatic carbocycles. The van der Waals surface area contributed by atoms with Gasteiger partial charge in [0.05, 0.1) is 9.68 Å². The van der Waals surface area contributed by atoms with Gasteiger partial charge in [-0.05, 0) is 12.1 Å². The molecule has 1 heterocycles. The van der Waals surface area contributed by atoms with Crippen molar-refractivity contribution in [1.82, 2.24) is 4.23 Å². The van der Waals surface area contributed by atoms with Crippen molar-refractivity contribution in [3.63, 3.8) is 0 Å². The number of nitrogens with zero attached hydrogens (tertiary/aromatic N) is 1. The second kappa shape index (κ2) is 3.69. The van der Waals surface area contributed by atoms with Crippen molar-refractivity contribution >= 4 is 18.6 Å². The van der Waals surface area contributed by atoms with E-state index in [2.05, 4.69) is 24.6 Å². The van der Waals surface area contributed by atoms with E-state index in [4.69, 9.17) is 0 Å². The van der Waals surface area contributed by atoms with Crippen LogP contribution in [0.2, 0.25) is 18.6 Å². The zero-order valence-corrected chi connectivity index (χ0v) is 10.00. The summed E-state index contributed by atoms with van der Waals surface area (Å²) in [6, 6.07) is 4.02. The Morgan fingerprint density at radius 1 is 1.50 bits per heavy atom. The Kier molecular flexibility index (Phi) is 3.13. The van der Waals surface area contributed by atoms with Crippen molar-refractivity contribution < 1.29 is 0 Å². The molecule has 1 nitrogen and oxygen atoms in total. The lowest BCUT2D eigenvalue weighted by Crippen LogP contribution is -2.46. The first-order valence-corrected chi connectivity index (χ1v) is 8.59. The van der Waals surface area contributed by atoms with Crippen LogP contribution in [-0.2, 0) is 0 Å². The van der Waals surface area contributed by atoms with Gasteiger partial charge in [0.2, 0.25) is 0 Å². The quantitative estimate of drug-likeness (QED) is 0.534. The first kappa shape index (κ1) is 8.49. The molecule has 1 rings (SSSR count). The zero-order chi connectivity index (χ0) is 7.56. The summed E-state index contributed by atoms with van der Waals surface area (Å²) in [7, 11) is -0.150. The molecular formula is C7H19NSi2. The van der Waals surface area contributed by atoms with Crippen LogP contribution >= 0.6 is 0 Å². The van der Waals surface area contributed by atoms with E-state index in [-0.39, 0.29) is 18.6 Å². The molecule has 0 radical (unpaired) electrons. The van der Waals surface area contributed by atoms with Crippen LogP contribution in [0.15, 0.2) is 0 Å². The molecule has 0 bridgehead atoms. The Hall–Kier alpha value is 0.394. The van der Waals surface area contributed by atoms with Crippen molar-refractivity contribution in [2.75, 3.05) is 0 Å². The van der Waals surface area contributed by atoms with E-state index in [9.17, 15) is 0 Å². The van der Waals surface area contributed by atoms with E-state index < -0.39 is 0 Å². The fourth-order valence-corrected chi connectivity index (χ4v) is 8.95. The normalized spacial score (nSPS) is 31.8. The molecule has 0 spiro atoms. The van der Waals surface area contributed by atoms with Gasteiger partial charge in [-0.15, -0.1) is 0 Å². The Morgan fingerprint density at radius 2 is 2.20 bits per heavy atom. The number of hydrogen-bond acceptors (Lipinski definition) is 1. The first-order chi connectivity index (χ1) is 4.72. The highest BCUT2D eigenvalue weighted by Crippen LogP contribution is 2.15. The highest BCUT2D eigenvalue weighted by molar-refractivity contribution is 6.65. The van der Waals surface area contributed by atoms with Crippen LogP contribution in [0, 0.1) is 0 Å². The van der Waals surface area contributed by atoms with Crippen LogP contribution in [0.5, 0.6) is 0 Å². The van der Waals surface area contributed by atoms with Gasteiger partial charge in [-0.1, -0.05) is 32.9 Å². The fraction of sp³-hybridized carbons (Fsp3) is 1.00. The number of hydrogen-bond donors (Lipinski definition) is 0. The molecule has 1 fully saturated rings. The molecule has 0 aliphatic carbocycles. The van der Waals surface area contributed by atoms with Gasteiger partial charge in [-0.25, -0.2) is 0 Å². The molecule has 0 amide bonds. The summed E-state index contributed by atoms with van der Waals surface area (Å²) in [5.74, 6) is 0. The van der Waals surface area contributed by atoms with Gasteiger partial charge in [0.15, 0.2) is 0 Å². The third-order valence-corrected chi connectivity index (χ3v) is 10.2. The lowest BCUT2D eigenvalue weighted by Gasteiger charge is -2.35. The maximum Gasteiger partial charge on any atom is 0.101 e. The topological polar surface area (TPSA) is 3.24 Å². The predicted octanol–water partition coefficient (Wildman–Crippen LogP) is 0.956. The molecule has 1 aliphatic heterocycles. The SMILES string of the molecule is CC(C)N1[SiH2]CCC[SiH]1C. The van der Waals surface area contributed by atoms with Crippen LogP contribution in [-0.4, -0.2) is 28.9 Å². The van der Waals surface area contributed by atoms with Gasteiger partial charge in [0.25, 0.3) is 0 Å². The monoisotopic (exact) mass is 173 g/mol. The lowest BCUT2D eigenvalue weighted by atomic mass is 10.4. The molecule has 60 valence electrons. The molecule has 1 saturated heterocycles. The average molecular weight is 173 g/mol. The minimum atomic E-state index is -0.372. The molecule has 1 unspecified atom stereocenters. The van der Waals surface area contributed by atoms with E-state index >= 15 is 0 Å². The minimum Gasteiger partial charge on any atom is -0.350 e. The zero-order valence-electron chi connectivity index (χ0n) is 7.43. The average Bonchev–Trinajstić information content (AvgIpc) is 1.88. The maximum atomic E-state index is 2.88. The van der Waals surface area contributed by atoms with Crippen molar-refractivity contribution in [2.24, 2.45) is 0 Å². The molecule has 1 aliphatic rings. The highest BCUT2D eigenvalue weighted by atomic mass is 28.3. The Bertz CT molecular complexity index is 106. The van der Waals surface area contributed by atoms with Crippen molar-refractivity contribution in [1.29, 1.82) is 0 Å². The molecule has 1 atom stereocenters. The summed E-state index contributed by atoms with van der Waals surface area (Å²) < 4.78 is 2.88. The van der Waals surface area contributed by atoms with E-state index in [0.29, 0.717) is 0 Å². The lowest BCUT2D eigenvalue weighted by molar-refractivity contribution is 0.523. The third-order valence-electron chi connectivity index (χ3n) is 2.52. The van der Waals surface area contributed by atoms with Gasteiger partial charge in [0, 0.05) is 0 Å². The summed E-state index contributed by atoms with van der Waals surface area (Å²) in [5.41, 5.74) is 0. The van der Waals surface area contributed by atoms with Crippen LogP contribution in [0.25, 0.3) is 0 Å². The molecular weight excluding hydrogens is 154 g/mol. The standard InChI is InChI=1S/C7H19NSi2/c1-7(2)8-9-5-4-6-10(8)3/h7,10H,4-6,9H2,1-3H3. The summed E-state index contributed by atoms with van der Waals surface area (Å²) in [4.78, 5) is 0. The summed E-state index contributed by atoms with van der Waals surface area (Å²) in [6.07, 6.45) is 1.56. The van der Waals surface area contributed by atoms with Crippen LogP contribution in [0.4, 0.5) is 0 Å². The van der Waals surface area contributed by atoms with Gasteiger partial charge in [-0.3, -0.25) is 0 Å². The fourth-order valence-electron chi connectivity index (χ4n) is 1.89. The van der Waals surface area contributed by atoms with Crippen molar-refractivity contribution in [3.05, 3.63) is 0 Å². The van der Waals surface area contributed by atoms with Gasteiger partial charge < -0.3 is 4.23 Å². The van der Waals surface area contributed by atoms with E-state index in [0.717, 1.165) is 6.04 Å². The molecule has 0 N–H and O–H groups in total. The first-order valence-electron chi connectivity index (χ1n) is 4.47. The van der Waals surface area contributed by atoms with Crippen molar-refractivity contribution in [3.8, 4) is 0 Å². The summed E-state index contributed by atoms with van der Waals surface area (Å²) in [5, 5.41) is 0. The molecule has 0 aromatic rings. The van der Waals surface area contributed by atoms with Gasteiger partial charge in [-0.2, -0.15) is 0 Å². The van der Waals surface area contributed by atoms with Gasteiger partial charge >= 0.3 is 0 Å². The van der Waals surface area contributed by atoms with Crippen LogP contribution in [0.3, 0.4) is 0 Å². The highest BCUT2D eigenvalue weighted by Gasteiger charge is 2.21. The maximum absolute atomic E-state index is 2.88. The molecule has 10 heavy (non-hydrogen) atoms. The molecule has 0 saturated carbocycles. The second-order valence-electron chi connectivity index (χ2n) is 3.68. The Labute approximate surface area is 68.4 Å². The van der Waals surface area contributed by atoms with E-state index in [1.807, 2.05) is 0 Å².